The molecule has 0 aliphatic carbocycles. The first kappa shape index (κ1) is 19.4. The minimum Gasteiger partial charge on any atom is -0.465 e. The summed E-state index contributed by atoms with van der Waals surface area (Å²) in [6.45, 7) is 2.08. The van der Waals surface area contributed by atoms with Gasteiger partial charge in [0, 0.05) is 17.0 Å². The molecular weight excluding hydrogens is 408 g/mol. The fraction of sp³-hybridized carbons (Fsp3) is 0.125. The highest BCUT2D eigenvalue weighted by atomic mass is 32.2. The van der Waals surface area contributed by atoms with Crippen LogP contribution in [0.3, 0.4) is 0 Å². The number of ether oxygens (including phenoxy) is 1. The van der Waals surface area contributed by atoms with Gasteiger partial charge >= 0.3 is 0 Å². The Balaban J connectivity index is 1.43. The van der Waals surface area contributed by atoms with Crippen molar-refractivity contribution in [2.24, 2.45) is 0 Å². The number of anilines is 1. The Morgan fingerprint density at radius 1 is 1.03 bits per heavy atom. The van der Waals surface area contributed by atoms with Crippen molar-refractivity contribution in [1.82, 2.24) is 15.2 Å². The first-order valence-electron chi connectivity index (χ1n) is 9.92. The normalized spacial score (nSPS) is 14.9. The van der Waals surface area contributed by atoms with Crippen molar-refractivity contribution < 1.29 is 9.15 Å². The van der Waals surface area contributed by atoms with Gasteiger partial charge in [-0.25, -0.2) is 0 Å². The average Bonchev–Trinajstić information content (AvgIpc) is 3.26. The van der Waals surface area contributed by atoms with Crippen LogP contribution in [0.15, 0.2) is 82.6 Å². The van der Waals surface area contributed by atoms with Crippen molar-refractivity contribution in [3.05, 3.63) is 89.9 Å². The van der Waals surface area contributed by atoms with Gasteiger partial charge in [0.15, 0.2) is 11.9 Å². The fourth-order valence-electron chi connectivity index (χ4n) is 3.22. The molecule has 1 unspecified atom stereocenters. The number of aryl methyl sites for hydroxylation is 1. The lowest BCUT2D eigenvalue weighted by Gasteiger charge is -2.15. The van der Waals surface area contributed by atoms with E-state index in [1.54, 1.807) is 6.26 Å². The molecular formula is C24H20N4O2S. The number of benzene rings is 2. The molecule has 0 saturated carbocycles. The van der Waals surface area contributed by atoms with E-state index in [1.165, 1.54) is 22.9 Å². The lowest BCUT2D eigenvalue weighted by Crippen LogP contribution is -2.23. The third kappa shape index (κ3) is 4.46. The summed E-state index contributed by atoms with van der Waals surface area (Å²) in [5, 5.41) is 12.8. The van der Waals surface area contributed by atoms with E-state index in [4.69, 9.17) is 9.15 Å². The summed E-state index contributed by atoms with van der Waals surface area (Å²) in [6, 6.07) is 20.1. The van der Waals surface area contributed by atoms with Crippen molar-refractivity contribution in [1.29, 1.82) is 0 Å². The van der Waals surface area contributed by atoms with Crippen LogP contribution in [0.1, 0.15) is 16.9 Å². The summed E-state index contributed by atoms with van der Waals surface area (Å²) in [6.07, 6.45) is 4.97. The number of aromatic nitrogens is 3. The number of furan rings is 1. The summed E-state index contributed by atoms with van der Waals surface area (Å²) in [5.41, 5.74) is 4.89. The maximum Gasteiger partial charge on any atom is 0.247 e. The minimum absolute atomic E-state index is 0.431. The van der Waals surface area contributed by atoms with Crippen LogP contribution >= 0.6 is 11.8 Å². The van der Waals surface area contributed by atoms with Crippen molar-refractivity contribution in [2.45, 2.75) is 24.1 Å². The highest BCUT2D eigenvalue weighted by Gasteiger charge is 2.23. The van der Waals surface area contributed by atoms with Gasteiger partial charge in [-0.3, -0.25) is 0 Å². The van der Waals surface area contributed by atoms with E-state index in [0.29, 0.717) is 16.7 Å². The molecule has 5 rings (SSSR count). The Hall–Kier alpha value is -3.58. The van der Waals surface area contributed by atoms with Gasteiger partial charge in [0.2, 0.25) is 11.0 Å². The maximum absolute atomic E-state index is 6.18. The number of para-hydroxylation sites is 1. The summed E-state index contributed by atoms with van der Waals surface area (Å²) in [4.78, 5) is 4.67. The SMILES string of the molecule is Cc1ccc(CSc2nnc3c(n2)OC(/C=C/c2ccco2)Nc2ccccc2-3)cc1. The maximum atomic E-state index is 6.18. The summed E-state index contributed by atoms with van der Waals surface area (Å²) in [5.74, 6) is 1.96. The quantitative estimate of drug-likeness (QED) is 0.416. The standard InChI is InChI=1S/C24H20N4O2S/c1-16-8-10-17(11-9-16)15-31-24-26-23-22(27-28-24)19-6-2-3-7-20(19)25-21(30-23)13-12-18-5-4-14-29-18/h2-14,21,25H,15H2,1H3/b13-12+. The molecule has 4 aromatic rings. The molecule has 1 aliphatic heterocycles. The number of fused-ring (bicyclic) bond motifs is 3. The molecule has 0 bridgehead atoms. The molecule has 1 aliphatic rings. The van der Waals surface area contributed by atoms with Crippen LogP contribution in [0, 0.1) is 6.92 Å². The first-order valence-corrected chi connectivity index (χ1v) is 10.9. The van der Waals surface area contributed by atoms with E-state index in [9.17, 15) is 0 Å². The van der Waals surface area contributed by atoms with E-state index in [2.05, 4.69) is 51.7 Å². The Labute approximate surface area is 184 Å². The van der Waals surface area contributed by atoms with Crippen molar-refractivity contribution >= 4 is 23.5 Å². The third-order valence-corrected chi connectivity index (χ3v) is 5.73. The van der Waals surface area contributed by atoms with Gasteiger partial charge in [0.1, 0.15) is 5.76 Å². The molecule has 0 fully saturated rings. The molecule has 0 amide bonds. The van der Waals surface area contributed by atoms with E-state index in [-0.39, 0.29) is 0 Å². The lowest BCUT2D eigenvalue weighted by molar-refractivity contribution is 0.266. The number of hydrogen-bond donors (Lipinski definition) is 1. The Bertz CT molecular complexity index is 1210. The summed E-state index contributed by atoms with van der Waals surface area (Å²) < 4.78 is 11.6. The molecule has 0 spiro atoms. The molecule has 2 aromatic heterocycles. The zero-order valence-corrected chi connectivity index (χ0v) is 17.7. The fourth-order valence-corrected chi connectivity index (χ4v) is 3.95. The molecule has 1 N–H and O–H groups in total. The van der Waals surface area contributed by atoms with Crippen LogP contribution in [0.4, 0.5) is 5.69 Å². The van der Waals surface area contributed by atoms with Gasteiger partial charge in [-0.1, -0.05) is 59.8 Å². The van der Waals surface area contributed by atoms with Crippen LogP contribution in [0.5, 0.6) is 5.88 Å². The van der Waals surface area contributed by atoms with E-state index in [0.717, 1.165) is 22.8 Å². The highest BCUT2D eigenvalue weighted by molar-refractivity contribution is 7.98. The number of rotatable bonds is 5. The largest absolute Gasteiger partial charge is 0.465 e. The number of thioether (sulfide) groups is 1. The second-order valence-corrected chi connectivity index (χ2v) is 8.07. The summed E-state index contributed by atoms with van der Waals surface area (Å²) >= 11 is 1.53. The molecule has 6 nitrogen and oxygen atoms in total. The molecule has 3 heterocycles. The molecule has 2 aromatic carbocycles. The molecule has 31 heavy (non-hydrogen) atoms. The van der Waals surface area contributed by atoms with E-state index in [1.807, 2.05) is 48.6 Å². The number of nitrogens with zero attached hydrogens (tertiary/aromatic N) is 3. The van der Waals surface area contributed by atoms with Crippen LogP contribution < -0.4 is 10.1 Å². The van der Waals surface area contributed by atoms with E-state index >= 15 is 0 Å². The van der Waals surface area contributed by atoms with Gasteiger partial charge in [-0.2, -0.15) is 4.98 Å². The van der Waals surface area contributed by atoms with Crippen LogP contribution in [0.2, 0.25) is 0 Å². The molecule has 0 radical (unpaired) electrons. The zero-order chi connectivity index (χ0) is 21.0. The molecule has 0 saturated heterocycles. The monoisotopic (exact) mass is 428 g/mol. The van der Waals surface area contributed by atoms with Crippen LogP contribution in [-0.4, -0.2) is 21.4 Å². The van der Waals surface area contributed by atoms with Gasteiger partial charge < -0.3 is 14.5 Å². The Morgan fingerprint density at radius 2 is 1.90 bits per heavy atom. The first-order chi connectivity index (χ1) is 15.2. The van der Waals surface area contributed by atoms with Crippen LogP contribution in [0.25, 0.3) is 17.3 Å². The number of nitrogens with one attached hydrogen (secondary N) is 1. The van der Waals surface area contributed by atoms with Crippen LogP contribution in [-0.2, 0) is 5.75 Å². The molecule has 1 atom stereocenters. The average molecular weight is 429 g/mol. The second-order valence-electron chi connectivity index (χ2n) is 7.13. The smallest absolute Gasteiger partial charge is 0.247 e. The van der Waals surface area contributed by atoms with Gasteiger partial charge in [0.05, 0.1) is 6.26 Å². The molecule has 7 heteroatoms. The summed E-state index contributed by atoms with van der Waals surface area (Å²) in [7, 11) is 0. The molecule has 154 valence electrons. The Morgan fingerprint density at radius 3 is 2.74 bits per heavy atom. The van der Waals surface area contributed by atoms with Gasteiger partial charge in [-0.05, 0) is 42.8 Å². The predicted molar refractivity (Wildman–Crippen MR) is 122 cm³/mol. The van der Waals surface area contributed by atoms with Crippen molar-refractivity contribution in [3.8, 4) is 17.1 Å². The van der Waals surface area contributed by atoms with E-state index < -0.39 is 6.23 Å². The lowest BCUT2D eigenvalue weighted by atomic mass is 10.1. The van der Waals surface area contributed by atoms with Crippen molar-refractivity contribution in [2.75, 3.05) is 5.32 Å². The second kappa shape index (κ2) is 8.65. The highest BCUT2D eigenvalue weighted by Crippen LogP contribution is 2.36. The third-order valence-electron chi connectivity index (χ3n) is 4.82. The zero-order valence-electron chi connectivity index (χ0n) is 16.9. The van der Waals surface area contributed by atoms with Gasteiger partial charge in [0.25, 0.3) is 0 Å². The Kier molecular flexibility index (Phi) is 5.41. The minimum atomic E-state index is -0.431. The predicted octanol–water partition coefficient (Wildman–Crippen LogP) is 5.58. The van der Waals surface area contributed by atoms with Crippen molar-refractivity contribution in [3.63, 3.8) is 0 Å². The number of hydrogen-bond acceptors (Lipinski definition) is 7. The van der Waals surface area contributed by atoms with Gasteiger partial charge in [-0.15, -0.1) is 10.2 Å². The topological polar surface area (TPSA) is 73.1 Å².